The van der Waals surface area contributed by atoms with E-state index in [-0.39, 0.29) is 5.54 Å². The lowest BCUT2D eigenvalue weighted by molar-refractivity contribution is 0.168. The Morgan fingerprint density at radius 1 is 1.14 bits per heavy atom. The summed E-state index contributed by atoms with van der Waals surface area (Å²) in [7, 11) is 0. The first-order chi connectivity index (χ1) is 10.3. The van der Waals surface area contributed by atoms with E-state index in [0.29, 0.717) is 18.5 Å². The molecule has 0 spiro atoms. The molecule has 3 rings (SSSR count). The first kappa shape index (κ1) is 13.9. The number of nitrogens with zero attached hydrogens (tertiary/aromatic N) is 1. The van der Waals surface area contributed by atoms with Crippen LogP contribution in [-0.4, -0.2) is 18.2 Å². The molecule has 0 amide bonds. The SMILES string of the molecule is NC1=NC2(C3=C/C=C\C=C/C/C=C\C=C\3)CCCC2CO1. The van der Waals surface area contributed by atoms with Crippen molar-refractivity contribution in [3.63, 3.8) is 0 Å². The number of rotatable bonds is 1. The Kier molecular flexibility index (Phi) is 4.09. The second kappa shape index (κ2) is 6.17. The van der Waals surface area contributed by atoms with Crippen LogP contribution in [0.4, 0.5) is 0 Å². The van der Waals surface area contributed by atoms with Crippen molar-refractivity contribution in [1.29, 1.82) is 0 Å². The van der Waals surface area contributed by atoms with Crippen LogP contribution in [-0.2, 0) is 4.74 Å². The van der Waals surface area contributed by atoms with Crippen molar-refractivity contribution < 1.29 is 4.74 Å². The van der Waals surface area contributed by atoms with Crippen molar-refractivity contribution in [3.05, 3.63) is 60.3 Å². The summed E-state index contributed by atoms with van der Waals surface area (Å²) in [5.41, 5.74) is 6.90. The van der Waals surface area contributed by atoms with Crippen molar-refractivity contribution in [2.75, 3.05) is 6.61 Å². The number of ether oxygens (including phenoxy) is 1. The zero-order valence-corrected chi connectivity index (χ0v) is 12.2. The van der Waals surface area contributed by atoms with E-state index >= 15 is 0 Å². The molecule has 0 aromatic heterocycles. The molecule has 1 heterocycles. The summed E-state index contributed by atoms with van der Waals surface area (Å²) in [5, 5.41) is 0. The minimum Gasteiger partial charge on any atom is -0.465 e. The van der Waals surface area contributed by atoms with Crippen LogP contribution in [0.25, 0.3) is 0 Å². The van der Waals surface area contributed by atoms with Crippen molar-refractivity contribution in [2.45, 2.75) is 31.2 Å². The third-order valence-electron chi connectivity index (χ3n) is 4.46. The Hall–Kier alpha value is -2.03. The molecule has 0 saturated heterocycles. The molecule has 3 nitrogen and oxygen atoms in total. The Labute approximate surface area is 126 Å². The fourth-order valence-corrected chi connectivity index (χ4v) is 3.41. The van der Waals surface area contributed by atoms with E-state index < -0.39 is 0 Å². The lowest BCUT2D eigenvalue weighted by Gasteiger charge is -2.36. The third-order valence-corrected chi connectivity index (χ3v) is 4.46. The Bertz CT molecular complexity index is 566. The van der Waals surface area contributed by atoms with E-state index in [1.807, 2.05) is 0 Å². The fraction of sp³-hybridized carbons (Fsp3) is 0.389. The predicted octanol–water partition coefficient (Wildman–Crippen LogP) is 3.43. The molecular weight excluding hydrogens is 260 g/mol. The molecule has 0 bridgehead atoms. The summed E-state index contributed by atoms with van der Waals surface area (Å²) in [6.45, 7) is 0.681. The molecule has 0 radical (unpaired) electrons. The summed E-state index contributed by atoms with van der Waals surface area (Å²) in [6.07, 6.45) is 23.4. The first-order valence-corrected chi connectivity index (χ1v) is 7.66. The molecular formula is C18H22N2O. The lowest BCUT2D eigenvalue weighted by Crippen LogP contribution is -2.43. The lowest BCUT2D eigenvalue weighted by atomic mass is 9.79. The van der Waals surface area contributed by atoms with Gasteiger partial charge < -0.3 is 10.5 Å². The van der Waals surface area contributed by atoms with Gasteiger partial charge in [0.25, 0.3) is 6.02 Å². The zero-order chi connectivity index (χ0) is 14.5. The highest BCUT2D eigenvalue weighted by Gasteiger charge is 2.47. The molecule has 2 atom stereocenters. The van der Waals surface area contributed by atoms with Crippen molar-refractivity contribution in [1.82, 2.24) is 0 Å². The average molecular weight is 282 g/mol. The van der Waals surface area contributed by atoms with Gasteiger partial charge in [0.1, 0.15) is 0 Å². The van der Waals surface area contributed by atoms with Gasteiger partial charge in [-0.3, -0.25) is 0 Å². The topological polar surface area (TPSA) is 47.6 Å². The van der Waals surface area contributed by atoms with E-state index in [1.165, 1.54) is 12.0 Å². The average Bonchev–Trinajstić information content (AvgIpc) is 2.87. The van der Waals surface area contributed by atoms with Gasteiger partial charge in [-0.25, -0.2) is 4.99 Å². The van der Waals surface area contributed by atoms with E-state index in [0.717, 1.165) is 19.3 Å². The predicted molar refractivity (Wildman–Crippen MR) is 86.9 cm³/mol. The smallest absolute Gasteiger partial charge is 0.282 e. The highest BCUT2D eigenvalue weighted by molar-refractivity contribution is 5.73. The van der Waals surface area contributed by atoms with E-state index in [2.05, 4.69) is 54.7 Å². The van der Waals surface area contributed by atoms with Gasteiger partial charge in [0.05, 0.1) is 12.1 Å². The fourth-order valence-electron chi connectivity index (χ4n) is 3.41. The van der Waals surface area contributed by atoms with Crippen molar-refractivity contribution >= 4 is 6.02 Å². The molecule has 21 heavy (non-hydrogen) atoms. The molecule has 0 aromatic carbocycles. The number of hydrogen-bond donors (Lipinski definition) is 1. The summed E-state index contributed by atoms with van der Waals surface area (Å²) in [4.78, 5) is 4.73. The molecule has 2 aliphatic carbocycles. The van der Waals surface area contributed by atoms with Crippen LogP contribution in [0.1, 0.15) is 25.7 Å². The molecule has 1 fully saturated rings. The Morgan fingerprint density at radius 2 is 2.00 bits per heavy atom. The number of allylic oxidation sites excluding steroid dienone is 8. The number of fused-ring (bicyclic) bond motifs is 1. The van der Waals surface area contributed by atoms with Crippen molar-refractivity contribution in [3.8, 4) is 0 Å². The van der Waals surface area contributed by atoms with E-state index in [4.69, 9.17) is 15.5 Å². The van der Waals surface area contributed by atoms with Gasteiger partial charge in [0.2, 0.25) is 0 Å². The van der Waals surface area contributed by atoms with Gasteiger partial charge in [0, 0.05) is 5.92 Å². The highest BCUT2D eigenvalue weighted by Crippen LogP contribution is 2.46. The molecule has 2 N–H and O–H groups in total. The second-order valence-electron chi connectivity index (χ2n) is 5.73. The van der Waals surface area contributed by atoms with E-state index in [1.54, 1.807) is 0 Å². The van der Waals surface area contributed by atoms with Crippen LogP contribution in [0.15, 0.2) is 65.2 Å². The third kappa shape index (κ3) is 2.87. The van der Waals surface area contributed by atoms with E-state index in [9.17, 15) is 0 Å². The van der Waals surface area contributed by atoms with Gasteiger partial charge in [-0.2, -0.15) is 0 Å². The molecule has 3 aliphatic rings. The summed E-state index contributed by atoms with van der Waals surface area (Å²) < 4.78 is 5.46. The zero-order valence-electron chi connectivity index (χ0n) is 12.2. The number of amidine groups is 1. The van der Waals surface area contributed by atoms with Crippen LogP contribution in [0.5, 0.6) is 0 Å². The molecule has 2 unspecified atom stereocenters. The maximum absolute atomic E-state index is 5.87. The Balaban J connectivity index is 2.01. The molecule has 1 saturated carbocycles. The second-order valence-corrected chi connectivity index (χ2v) is 5.73. The summed E-state index contributed by atoms with van der Waals surface area (Å²) >= 11 is 0. The maximum atomic E-state index is 5.87. The minimum atomic E-state index is -0.200. The van der Waals surface area contributed by atoms with Gasteiger partial charge in [0.15, 0.2) is 0 Å². The largest absolute Gasteiger partial charge is 0.465 e. The number of aliphatic imine (C=N–C) groups is 1. The number of hydrogen-bond acceptors (Lipinski definition) is 3. The molecule has 1 aliphatic heterocycles. The van der Waals surface area contributed by atoms with Gasteiger partial charge in [-0.15, -0.1) is 0 Å². The quantitative estimate of drug-likeness (QED) is 0.801. The first-order valence-electron chi connectivity index (χ1n) is 7.66. The maximum Gasteiger partial charge on any atom is 0.282 e. The van der Waals surface area contributed by atoms with Crippen LogP contribution in [0, 0.1) is 5.92 Å². The summed E-state index contributed by atoms with van der Waals surface area (Å²) in [5.74, 6) is 0.429. The van der Waals surface area contributed by atoms with Crippen LogP contribution in [0.3, 0.4) is 0 Å². The molecule has 0 aromatic rings. The van der Waals surface area contributed by atoms with Crippen molar-refractivity contribution in [2.24, 2.45) is 16.6 Å². The Morgan fingerprint density at radius 3 is 2.90 bits per heavy atom. The van der Waals surface area contributed by atoms with Crippen LogP contribution < -0.4 is 5.73 Å². The van der Waals surface area contributed by atoms with Gasteiger partial charge >= 0.3 is 0 Å². The molecule has 110 valence electrons. The highest BCUT2D eigenvalue weighted by atomic mass is 16.5. The number of nitrogens with two attached hydrogens (primary N) is 1. The van der Waals surface area contributed by atoms with Gasteiger partial charge in [-0.05, 0) is 24.8 Å². The minimum absolute atomic E-state index is 0.200. The summed E-state index contributed by atoms with van der Waals surface area (Å²) in [6, 6.07) is 0.330. The van der Waals surface area contributed by atoms with Crippen LogP contribution in [0.2, 0.25) is 0 Å². The monoisotopic (exact) mass is 282 g/mol. The standard InChI is InChI=1S/C18H22N2O/c19-17-20-18(13-9-12-16(18)14-21-17)15-10-7-5-3-1-2-4-6-8-11-15/h1,3-8,10-11,16H,2,9,12-14H2,(H2,19,20)/b3-1-,6-4-,7-5-,11-8+,15-10+. The van der Waals surface area contributed by atoms with Crippen LogP contribution >= 0.6 is 0 Å². The molecule has 3 heteroatoms. The normalized spacial score (nSPS) is 40.5. The van der Waals surface area contributed by atoms with Gasteiger partial charge in [-0.1, -0.05) is 61.1 Å².